The Bertz CT molecular complexity index is 717. The van der Waals surface area contributed by atoms with Gasteiger partial charge in [-0.2, -0.15) is 0 Å². The lowest BCUT2D eigenvalue weighted by atomic mass is 10.3. The maximum Gasteiger partial charge on any atom is 0.409 e. The van der Waals surface area contributed by atoms with E-state index in [2.05, 4.69) is 10.6 Å². The molecule has 0 aromatic heterocycles. The summed E-state index contributed by atoms with van der Waals surface area (Å²) in [5, 5.41) is 4.87. The Morgan fingerprint density at radius 2 is 1.85 bits per heavy atom. The maximum absolute atomic E-state index is 12.1. The number of anilines is 1. The SMILES string of the molecule is CCOC(=O)N1CCN(CC(=O)NC(=O)Nc2ccc3c(c2)OCO3)CC1. The average molecular weight is 378 g/mol. The molecule has 10 nitrogen and oxygen atoms in total. The van der Waals surface area contributed by atoms with Crippen LogP contribution < -0.4 is 20.1 Å². The summed E-state index contributed by atoms with van der Waals surface area (Å²) in [6, 6.07) is 4.35. The van der Waals surface area contributed by atoms with E-state index in [1.807, 2.05) is 4.90 Å². The number of carbonyl (C=O) groups is 3. The van der Waals surface area contributed by atoms with E-state index in [-0.39, 0.29) is 19.4 Å². The number of rotatable bonds is 4. The van der Waals surface area contributed by atoms with Crippen molar-refractivity contribution in [3.05, 3.63) is 18.2 Å². The van der Waals surface area contributed by atoms with Gasteiger partial charge in [0.1, 0.15) is 0 Å². The van der Waals surface area contributed by atoms with Gasteiger partial charge in [-0.1, -0.05) is 0 Å². The maximum atomic E-state index is 12.1. The van der Waals surface area contributed by atoms with Crippen molar-refractivity contribution in [2.45, 2.75) is 6.92 Å². The van der Waals surface area contributed by atoms with Gasteiger partial charge >= 0.3 is 12.1 Å². The van der Waals surface area contributed by atoms with Crippen molar-refractivity contribution in [2.75, 3.05) is 51.4 Å². The molecule has 27 heavy (non-hydrogen) atoms. The zero-order chi connectivity index (χ0) is 19.2. The number of fused-ring (bicyclic) bond motifs is 1. The van der Waals surface area contributed by atoms with Crippen molar-refractivity contribution in [3.8, 4) is 11.5 Å². The van der Waals surface area contributed by atoms with Crippen LogP contribution >= 0.6 is 0 Å². The summed E-state index contributed by atoms with van der Waals surface area (Å²) in [7, 11) is 0. The first kappa shape index (κ1) is 18.8. The third-order valence-electron chi connectivity index (χ3n) is 4.15. The van der Waals surface area contributed by atoms with Gasteiger partial charge in [-0.25, -0.2) is 9.59 Å². The zero-order valence-electron chi connectivity index (χ0n) is 15.0. The van der Waals surface area contributed by atoms with Gasteiger partial charge in [0.05, 0.1) is 13.2 Å². The van der Waals surface area contributed by atoms with Gasteiger partial charge in [0.15, 0.2) is 11.5 Å². The van der Waals surface area contributed by atoms with Crippen LogP contribution in [0.3, 0.4) is 0 Å². The Kier molecular flexibility index (Phi) is 5.97. The van der Waals surface area contributed by atoms with E-state index >= 15 is 0 Å². The van der Waals surface area contributed by atoms with Crippen LogP contribution in [0.25, 0.3) is 0 Å². The molecule has 0 unspecified atom stereocenters. The standard InChI is InChI=1S/C17H22N4O6/c1-2-25-17(24)21-7-5-20(6-8-21)10-15(22)19-16(23)18-12-3-4-13-14(9-12)27-11-26-13/h3-4,9H,2,5-8,10-11H2,1H3,(H2,18,19,22,23). The number of nitrogens with zero attached hydrogens (tertiary/aromatic N) is 2. The lowest BCUT2D eigenvalue weighted by Crippen LogP contribution is -2.51. The smallest absolute Gasteiger partial charge is 0.409 e. The van der Waals surface area contributed by atoms with Crippen LogP contribution in [0.4, 0.5) is 15.3 Å². The Morgan fingerprint density at radius 3 is 2.59 bits per heavy atom. The van der Waals surface area contributed by atoms with Crippen LogP contribution in [0, 0.1) is 0 Å². The number of imide groups is 1. The Balaban J connectivity index is 1.40. The highest BCUT2D eigenvalue weighted by Crippen LogP contribution is 2.34. The molecule has 1 fully saturated rings. The highest BCUT2D eigenvalue weighted by Gasteiger charge is 2.23. The van der Waals surface area contributed by atoms with Crippen LogP contribution in [0.15, 0.2) is 18.2 Å². The van der Waals surface area contributed by atoms with Crippen LogP contribution in [0.2, 0.25) is 0 Å². The van der Waals surface area contributed by atoms with Crippen LogP contribution in [-0.2, 0) is 9.53 Å². The number of carbonyl (C=O) groups excluding carboxylic acids is 3. The van der Waals surface area contributed by atoms with E-state index in [1.54, 1.807) is 30.0 Å². The molecule has 0 aliphatic carbocycles. The van der Waals surface area contributed by atoms with E-state index in [0.29, 0.717) is 50.0 Å². The second kappa shape index (κ2) is 8.58. The van der Waals surface area contributed by atoms with Gasteiger partial charge in [0.2, 0.25) is 12.7 Å². The molecule has 1 saturated heterocycles. The number of piperazine rings is 1. The van der Waals surface area contributed by atoms with Crippen molar-refractivity contribution < 1.29 is 28.6 Å². The molecule has 1 aromatic carbocycles. The minimum Gasteiger partial charge on any atom is -0.454 e. The quantitative estimate of drug-likeness (QED) is 0.799. The average Bonchev–Trinajstić information content (AvgIpc) is 3.10. The van der Waals surface area contributed by atoms with Crippen molar-refractivity contribution >= 4 is 23.7 Å². The molecule has 2 heterocycles. The topological polar surface area (TPSA) is 109 Å². The fourth-order valence-electron chi connectivity index (χ4n) is 2.81. The molecular weight excluding hydrogens is 356 g/mol. The molecule has 0 bridgehead atoms. The van der Waals surface area contributed by atoms with E-state index in [1.165, 1.54) is 0 Å². The third-order valence-corrected chi connectivity index (χ3v) is 4.15. The minimum atomic E-state index is -0.621. The summed E-state index contributed by atoms with van der Waals surface area (Å²) in [6.45, 7) is 4.35. The number of benzene rings is 1. The highest BCUT2D eigenvalue weighted by molar-refractivity contribution is 6.01. The number of amides is 4. The first-order valence-corrected chi connectivity index (χ1v) is 8.69. The molecule has 0 atom stereocenters. The van der Waals surface area contributed by atoms with Gasteiger partial charge in [-0.15, -0.1) is 0 Å². The van der Waals surface area contributed by atoms with Gasteiger partial charge in [-0.3, -0.25) is 15.0 Å². The molecule has 3 rings (SSSR count). The predicted octanol–water partition coefficient (Wildman–Crippen LogP) is 0.837. The summed E-state index contributed by atoms with van der Waals surface area (Å²) < 4.78 is 15.4. The first-order valence-electron chi connectivity index (χ1n) is 8.69. The lowest BCUT2D eigenvalue weighted by Gasteiger charge is -2.33. The van der Waals surface area contributed by atoms with Crippen LogP contribution in [-0.4, -0.2) is 74.0 Å². The zero-order valence-corrected chi connectivity index (χ0v) is 15.0. The second-order valence-electron chi connectivity index (χ2n) is 6.03. The fourth-order valence-corrected chi connectivity index (χ4v) is 2.81. The van der Waals surface area contributed by atoms with Gasteiger partial charge in [-0.05, 0) is 19.1 Å². The van der Waals surface area contributed by atoms with Gasteiger partial charge in [0.25, 0.3) is 0 Å². The van der Waals surface area contributed by atoms with Crippen LogP contribution in [0.5, 0.6) is 11.5 Å². The Labute approximate surface area is 156 Å². The van der Waals surface area contributed by atoms with Crippen molar-refractivity contribution in [1.82, 2.24) is 15.1 Å². The fraction of sp³-hybridized carbons (Fsp3) is 0.471. The first-order chi connectivity index (χ1) is 13.0. The minimum absolute atomic E-state index is 0.0746. The molecule has 146 valence electrons. The van der Waals surface area contributed by atoms with E-state index in [9.17, 15) is 14.4 Å². The molecule has 4 amide bonds. The number of nitrogens with one attached hydrogen (secondary N) is 2. The summed E-state index contributed by atoms with van der Waals surface area (Å²) >= 11 is 0. The summed E-state index contributed by atoms with van der Waals surface area (Å²) in [4.78, 5) is 39.2. The summed E-state index contributed by atoms with van der Waals surface area (Å²) in [6.07, 6.45) is -0.343. The molecule has 1 aromatic rings. The van der Waals surface area contributed by atoms with E-state index in [4.69, 9.17) is 14.2 Å². The van der Waals surface area contributed by atoms with Crippen molar-refractivity contribution in [2.24, 2.45) is 0 Å². The molecule has 0 saturated carbocycles. The number of ether oxygens (including phenoxy) is 3. The Morgan fingerprint density at radius 1 is 1.11 bits per heavy atom. The Hall–Kier alpha value is -3.01. The van der Waals surface area contributed by atoms with E-state index in [0.717, 1.165) is 0 Å². The highest BCUT2D eigenvalue weighted by atomic mass is 16.7. The van der Waals surface area contributed by atoms with E-state index < -0.39 is 11.9 Å². The molecule has 0 radical (unpaired) electrons. The number of urea groups is 1. The number of hydrogen-bond donors (Lipinski definition) is 2. The molecule has 2 N–H and O–H groups in total. The molecular formula is C17H22N4O6. The predicted molar refractivity (Wildman–Crippen MR) is 94.8 cm³/mol. The van der Waals surface area contributed by atoms with Gasteiger partial charge < -0.3 is 24.4 Å². The van der Waals surface area contributed by atoms with Gasteiger partial charge in [0, 0.05) is 37.9 Å². The lowest BCUT2D eigenvalue weighted by molar-refractivity contribution is -0.121. The van der Waals surface area contributed by atoms with Crippen LogP contribution in [0.1, 0.15) is 6.92 Å². The summed E-state index contributed by atoms with van der Waals surface area (Å²) in [5.74, 6) is 0.732. The largest absolute Gasteiger partial charge is 0.454 e. The molecule has 10 heteroatoms. The normalized spacial score (nSPS) is 16.0. The molecule has 2 aliphatic rings. The molecule has 0 spiro atoms. The molecule has 2 aliphatic heterocycles. The third kappa shape index (κ3) is 5.00. The summed E-state index contributed by atoms with van der Waals surface area (Å²) in [5.41, 5.74) is 0.493. The van der Waals surface area contributed by atoms with Crippen molar-refractivity contribution in [1.29, 1.82) is 0 Å². The monoisotopic (exact) mass is 378 g/mol. The van der Waals surface area contributed by atoms with Crippen molar-refractivity contribution in [3.63, 3.8) is 0 Å². The number of hydrogen-bond acceptors (Lipinski definition) is 7. The second-order valence-corrected chi connectivity index (χ2v) is 6.03.